The third kappa shape index (κ3) is 3.52. The van der Waals surface area contributed by atoms with E-state index in [0.29, 0.717) is 12.8 Å². The lowest BCUT2D eigenvalue weighted by Crippen LogP contribution is -2.12. The van der Waals surface area contributed by atoms with Crippen LogP contribution in [0.25, 0.3) is 0 Å². The molecular weight excluding hydrogens is 228 g/mol. The molecule has 0 aliphatic heterocycles. The molecule has 0 bridgehead atoms. The van der Waals surface area contributed by atoms with Gasteiger partial charge in [0, 0.05) is 25.2 Å². The second-order valence-electron chi connectivity index (χ2n) is 4.82. The lowest BCUT2D eigenvalue weighted by atomic mass is 10.0. The first-order valence-electron chi connectivity index (χ1n) is 6.25. The van der Waals surface area contributed by atoms with E-state index >= 15 is 0 Å². The molecule has 96 valence electrons. The Bertz CT molecular complexity index is 425. The molecule has 3 atom stereocenters. The summed E-state index contributed by atoms with van der Waals surface area (Å²) < 4.78 is 0. The number of Topliss-reactive ketones (excluding diaryl/α,β-unsaturated/α-hetero) is 1. The number of rotatable bonds is 4. The Balaban J connectivity index is 1.87. The maximum Gasteiger partial charge on any atom is 0.136 e. The van der Waals surface area contributed by atoms with Crippen LogP contribution in [0, 0.1) is 5.92 Å². The summed E-state index contributed by atoms with van der Waals surface area (Å²) in [4.78, 5) is 11.1. The van der Waals surface area contributed by atoms with Gasteiger partial charge >= 0.3 is 0 Å². The smallest absolute Gasteiger partial charge is 0.136 e. The lowest BCUT2D eigenvalue weighted by molar-refractivity contribution is -0.117. The number of carbonyl (C=O) groups is 1. The van der Waals surface area contributed by atoms with Gasteiger partial charge < -0.3 is 10.2 Å². The fourth-order valence-electron chi connectivity index (χ4n) is 2.26. The van der Waals surface area contributed by atoms with Crippen molar-refractivity contribution in [2.75, 3.05) is 0 Å². The molecule has 18 heavy (non-hydrogen) atoms. The van der Waals surface area contributed by atoms with Crippen LogP contribution in [0.1, 0.15) is 18.4 Å². The average Bonchev–Trinajstić information content (AvgIpc) is 2.66. The van der Waals surface area contributed by atoms with Crippen LogP contribution >= 0.6 is 0 Å². The largest absolute Gasteiger partial charge is 0.392 e. The zero-order valence-corrected chi connectivity index (χ0v) is 10.2. The minimum atomic E-state index is -0.585. The van der Waals surface area contributed by atoms with Crippen LogP contribution in [-0.4, -0.2) is 28.2 Å². The Kier molecular flexibility index (Phi) is 4.28. The van der Waals surface area contributed by atoms with Crippen molar-refractivity contribution < 1.29 is 15.0 Å². The average molecular weight is 246 g/mol. The number of ketones is 1. The molecule has 1 fully saturated rings. The van der Waals surface area contributed by atoms with Crippen LogP contribution in [0.4, 0.5) is 0 Å². The normalized spacial score (nSPS) is 25.8. The zero-order valence-electron chi connectivity index (χ0n) is 10.2. The van der Waals surface area contributed by atoms with E-state index in [1.54, 1.807) is 12.2 Å². The third-order valence-electron chi connectivity index (χ3n) is 3.26. The summed E-state index contributed by atoms with van der Waals surface area (Å²) in [5, 5.41) is 19.5. The monoisotopic (exact) mass is 246 g/mol. The molecule has 0 saturated heterocycles. The van der Waals surface area contributed by atoms with Crippen molar-refractivity contribution in [1.29, 1.82) is 0 Å². The Morgan fingerprint density at radius 2 is 2.00 bits per heavy atom. The van der Waals surface area contributed by atoms with E-state index in [-0.39, 0.29) is 18.1 Å². The van der Waals surface area contributed by atoms with Crippen molar-refractivity contribution in [2.24, 2.45) is 5.92 Å². The van der Waals surface area contributed by atoms with Crippen LogP contribution in [0.3, 0.4) is 0 Å². The fourth-order valence-corrected chi connectivity index (χ4v) is 2.26. The SMILES string of the molecule is O=C1CC(O)[C@H](/C=C/C(O)Cc2ccccc2)C1. The first kappa shape index (κ1) is 13.0. The van der Waals surface area contributed by atoms with Gasteiger partial charge in [0.1, 0.15) is 5.78 Å². The molecule has 0 spiro atoms. The van der Waals surface area contributed by atoms with Gasteiger partial charge in [-0.2, -0.15) is 0 Å². The molecular formula is C15H18O3. The summed E-state index contributed by atoms with van der Waals surface area (Å²) in [6, 6.07) is 9.73. The molecule has 1 aromatic rings. The molecule has 0 aromatic heterocycles. The van der Waals surface area contributed by atoms with E-state index in [2.05, 4.69) is 0 Å². The van der Waals surface area contributed by atoms with E-state index in [1.807, 2.05) is 30.3 Å². The van der Waals surface area contributed by atoms with Crippen molar-refractivity contribution in [1.82, 2.24) is 0 Å². The number of aliphatic hydroxyl groups is 2. The molecule has 0 heterocycles. The molecule has 0 radical (unpaired) electrons. The second-order valence-corrected chi connectivity index (χ2v) is 4.82. The molecule has 1 aromatic carbocycles. The highest BCUT2D eigenvalue weighted by atomic mass is 16.3. The Hall–Kier alpha value is -1.45. The highest BCUT2D eigenvalue weighted by Gasteiger charge is 2.29. The zero-order chi connectivity index (χ0) is 13.0. The van der Waals surface area contributed by atoms with E-state index < -0.39 is 12.2 Å². The van der Waals surface area contributed by atoms with E-state index in [9.17, 15) is 15.0 Å². The highest BCUT2D eigenvalue weighted by Crippen LogP contribution is 2.24. The molecule has 3 nitrogen and oxygen atoms in total. The molecule has 2 rings (SSSR count). The van der Waals surface area contributed by atoms with Crippen LogP contribution in [0.2, 0.25) is 0 Å². The summed E-state index contributed by atoms with van der Waals surface area (Å²) in [7, 11) is 0. The summed E-state index contributed by atoms with van der Waals surface area (Å²) in [5.41, 5.74) is 1.07. The maximum absolute atomic E-state index is 11.1. The van der Waals surface area contributed by atoms with Crippen LogP contribution < -0.4 is 0 Å². The van der Waals surface area contributed by atoms with Crippen molar-refractivity contribution in [3.63, 3.8) is 0 Å². The minimum Gasteiger partial charge on any atom is -0.392 e. The fraction of sp³-hybridized carbons (Fsp3) is 0.400. The topological polar surface area (TPSA) is 57.5 Å². The van der Waals surface area contributed by atoms with Gasteiger partial charge in [0.2, 0.25) is 0 Å². The maximum atomic E-state index is 11.1. The summed E-state index contributed by atoms with van der Waals surface area (Å²) in [6.07, 6.45) is 3.46. The summed E-state index contributed by atoms with van der Waals surface area (Å²) in [6.45, 7) is 0. The summed E-state index contributed by atoms with van der Waals surface area (Å²) >= 11 is 0. The highest BCUT2D eigenvalue weighted by molar-refractivity contribution is 5.81. The van der Waals surface area contributed by atoms with Crippen LogP contribution in [0.5, 0.6) is 0 Å². The Morgan fingerprint density at radius 1 is 1.28 bits per heavy atom. The number of carbonyl (C=O) groups excluding carboxylic acids is 1. The lowest BCUT2D eigenvalue weighted by Gasteiger charge is -2.10. The van der Waals surface area contributed by atoms with Gasteiger partial charge in [0.15, 0.2) is 0 Å². The molecule has 1 saturated carbocycles. The summed E-state index contributed by atoms with van der Waals surface area (Å²) in [5.74, 6) is -0.0439. The Morgan fingerprint density at radius 3 is 2.61 bits per heavy atom. The molecule has 1 aliphatic carbocycles. The van der Waals surface area contributed by atoms with Crippen molar-refractivity contribution in [2.45, 2.75) is 31.5 Å². The standard InChI is InChI=1S/C15H18O3/c16-13(8-11-4-2-1-3-5-11)7-6-12-9-14(17)10-15(12)18/h1-7,12-13,15-16,18H,8-10H2/b7-6+/t12-,13?,15?/m1/s1. The molecule has 1 aliphatic rings. The van der Waals surface area contributed by atoms with Gasteiger partial charge in [-0.05, 0) is 5.56 Å². The number of hydrogen-bond donors (Lipinski definition) is 2. The van der Waals surface area contributed by atoms with Gasteiger partial charge in [-0.3, -0.25) is 4.79 Å². The van der Waals surface area contributed by atoms with Gasteiger partial charge in [-0.1, -0.05) is 42.5 Å². The number of benzene rings is 1. The van der Waals surface area contributed by atoms with Gasteiger partial charge in [-0.25, -0.2) is 0 Å². The number of aliphatic hydroxyl groups excluding tert-OH is 2. The van der Waals surface area contributed by atoms with E-state index in [0.717, 1.165) is 5.56 Å². The van der Waals surface area contributed by atoms with Crippen LogP contribution in [-0.2, 0) is 11.2 Å². The van der Waals surface area contributed by atoms with Gasteiger partial charge in [-0.15, -0.1) is 0 Å². The van der Waals surface area contributed by atoms with E-state index in [1.165, 1.54) is 0 Å². The van der Waals surface area contributed by atoms with Crippen molar-refractivity contribution in [3.05, 3.63) is 48.0 Å². The van der Waals surface area contributed by atoms with Crippen molar-refractivity contribution in [3.8, 4) is 0 Å². The Labute approximate surface area is 107 Å². The van der Waals surface area contributed by atoms with Gasteiger partial charge in [0.25, 0.3) is 0 Å². The second kappa shape index (κ2) is 5.94. The predicted molar refractivity (Wildman–Crippen MR) is 69.0 cm³/mol. The minimum absolute atomic E-state index is 0.0923. The predicted octanol–water partition coefficient (Wildman–Crippen LogP) is 1.49. The quantitative estimate of drug-likeness (QED) is 0.791. The van der Waals surface area contributed by atoms with Crippen LogP contribution in [0.15, 0.2) is 42.5 Å². The molecule has 2 N–H and O–H groups in total. The molecule has 0 amide bonds. The van der Waals surface area contributed by atoms with E-state index in [4.69, 9.17) is 0 Å². The van der Waals surface area contributed by atoms with Crippen molar-refractivity contribution >= 4 is 5.78 Å². The molecule has 3 heteroatoms. The first-order valence-corrected chi connectivity index (χ1v) is 6.25. The number of hydrogen-bond acceptors (Lipinski definition) is 3. The van der Waals surface area contributed by atoms with Gasteiger partial charge in [0.05, 0.1) is 12.2 Å². The molecule has 2 unspecified atom stereocenters. The first-order chi connectivity index (χ1) is 8.65. The third-order valence-corrected chi connectivity index (χ3v) is 3.26.